The first kappa shape index (κ1) is 19.6. The van der Waals surface area contributed by atoms with Gasteiger partial charge in [-0.3, -0.25) is 10.0 Å². The number of rotatable bonds is 8. The minimum Gasteiger partial charge on any atom is -0.385 e. The molecule has 2 aliphatic rings. The molecule has 9 heteroatoms. The monoisotopic (exact) mass is 392 g/mol. The maximum atomic E-state index is 12.3. The minimum absolute atomic E-state index is 0.0224. The van der Waals surface area contributed by atoms with Crippen molar-refractivity contribution in [3.63, 3.8) is 0 Å². The van der Waals surface area contributed by atoms with E-state index in [1.807, 2.05) is 24.2 Å². The summed E-state index contributed by atoms with van der Waals surface area (Å²) in [7, 11) is -3.17. The van der Waals surface area contributed by atoms with Crippen molar-refractivity contribution in [1.29, 1.82) is 0 Å². The van der Waals surface area contributed by atoms with Crippen molar-refractivity contribution in [2.75, 3.05) is 31.1 Å². The fourth-order valence-corrected chi connectivity index (χ4v) is 5.40. The standard InChI is InChI=1S/C18H28N6O2S/c1-4-9-27(25,26)23-12-18(5-2,13-23)24-11-14(10-22-24)16(20-6-3)15-7-8-21-17(15)19/h6-8,10,14,21H,3-5,9,11-13,19H2,1-2H3. The van der Waals surface area contributed by atoms with Gasteiger partial charge >= 0.3 is 0 Å². The summed E-state index contributed by atoms with van der Waals surface area (Å²) < 4.78 is 26.2. The minimum atomic E-state index is -3.17. The number of aliphatic imine (C=N–C) groups is 1. The van der Waals surface area contributed by atoms with Crippen LogP contribution in [-0.2, 0) is 10.0 Å². The number of hydrogen-bond acceptors (Lipinski definition) is 6. The lowest BCUT2D eigenvalue weighted by molar-refractivity contribution is -0.00952. The number of aromatic nitrogens is 1. The third kappa shape index (κ3) is 3.53. The first-order chi connectivity index (χ1) is 12.9. The first-order valence-electron chi connectivity index (χ1n) is 9.28. The molecule has 0 saturated carbocycles. The zero-order chi connectivity index (χ0) is 19.7. The van der Waals surface area contributed by atoms with Crippen molar-refractivity contribution >= 4 is 27.8 Å². The van der Waals surface area contributed by atoms with Crippen molar-refractivity contribution < 1.29 is 8.42 Å². The molecule has 1 unspecified atom stereocenters. The van der Waals surface area contributed by atoms with Crippen LogP contribution in [0.2, 0.25) is 0 Å². The smallest absolute Gasteiger partial charge is 0.214 e. The number of H-pyrrole nitrogens is 1. The summed E-state index contributed by atoms with van der Waals surface area (Å²) in [5.74, 6) is 0.737. The molecule has 3 rings (SSSR count). The van der Waals surface area contributed by atoms with Crippen molar-refractivity contribution in [2.24, 2.45) is 16.0 Å². The molecular formula is C18H28N6O2S. The molecule has 0 spiro atoms. The van der Waals surface area contributed by atoms with E-state index in [9.17, 15) is 8.42 Å². The topological polar surface area (TPSA) is 107 Å². The van der Waals surface area contributed by atoms with Crippen LogP contribution in [-0.4, -0.2) is 65.6 Å². The summed E-state index contributed by atoms with van der Waals surface area (Å²) in [5, 5.41) is 6.63. The molecule has 27 heavy (non-hydrogen) atoms. The number of aromatic amines is 1. The number of hydrazone groups is 1. The molecule has 1 aromatic heterocycles. The maximum absolute atomic E-state index is 12.3. The molecule has 0 aromatic carbocycles. The van der Waals surface area contributed by atoms with Gasteiger partial charge < -0.3 is 10.7 Å². The number of nitrogen functional groups attached to an aromatic ring is 1. The van der Waals surface area contributed by atoms with E-state index in [0.29, 0.717) is 31.9 Å². The quantitative estimate of drug-likeness (QED) is 0.656. The Hall–Kier alpha value is -2.13. The number of sulfonamides is 1. The summed E-state index contributed by atoms with van der Waals surface area (Å²) >= 11 is 0. The third-order valence-corrected chi connectivity index (χ3v) is 7.36. The molecule has 8 nitrogen and oxygen atoms in total. The molecule has 3 heterocycles. The molecule has 2 aliphatic heterocycles. The number of nitrogens with one attached hydrogen (secondary N) is 1. The molecule has 1 aromatic rings. The van der Waals surface area contributed by atoms with Crippen LogP contribution >= 0.6 is 0 Å². The largest absolute Gasteiger partial charge is 0.385 e. The molecule has 1 atom stereocenters. The summed E-state index contributed by atoms with van der Waals surface area (Å²) in [4.78, 5) is 7.40. The van der Waals surface area contributed by atoms with Crippen LogP contribution in [0.5, 0.6) is 0 Å². The van der Waals surface area contributed by atoms with E-state index in [1.165, 1.54) is 6.20 Å². The summed E-state index contributed by atoms with van der Waals surface area (Å²) in [6.45, 7) is 9.28. The highest BCUT2D eigenvalue weighted by molar-refractivity contribution is 7.89. The average Bonchev–Trinajstić information content (AvgIpc) is 3.22. The number of hydrogen-bond donors (Lipinski definition) is 2. The van der Waals surface area contributed by atoms with Crippen molar-refractivity contribution in [3.05, 3.63) is 30.6 Å². The van der Waals surface area contributed by atoms with Crippen molar-refractivity contribution in [2.45, 2.75) is 32.2 Å². The van der Waals surface area contributed by atoms with E-state index < -0.39 is 10.0 Å². The lowest BCUT2D eigenvalue weighted by Crippen LogP contribution is -2.69. The van der Waals surface area contributed by atoms with Crippen LogP contribution in [0.1, 0.15) is 32.3 Å². The SMILES string of the molecule is C=CN=C(c1cc[nH]c1N)C1C=NN(C2(CC)CN(S(=O)(=O)CCC)C2)C1. The average molecular weight is 393 g/mol. The fraction of sp³-hybridized carbons (Fsp3) is 0.556. The maximum Gasteiger partial charge on any atom is 0.214 e. The number of anilines is 1. The lowest BCUT2D eigenvalue weighted by Gasteiger charge is -2.53. The molecule has 0 bridgehead atoms. The van der Waals surface area contributed by atoms with Gasteiger partial charge in [-0.2, -0.15) is 9.41 Å². The van der Waals surface area contributed by atoms with E-state index in [4.69, 9.17) is 5.73 Å². The molecule has 0 radical (unpaired) electrons. The molecule has 0 amide bonds. The second-order valence-electron chi connectivity index (χ2n) is 7.12. The predicted molar refractivity (Wildman–Crippen MR) is 109 cm³/mol. The Morgan fingerprint density at radius 1 is 1.52 bits per heavy atom. The van der Waals surface area contributed by atoms with Gasteiger partial charge in [0.05, 0.1) is 29.5 Å². The molecule has 148 valence electrons. The van der Waals surface area contributed by atoms with Gasteiger partial charge in [-0.05, 0) is 18.9 Å². The Morgan fingerprint density at radius 2 is 2.26 bits per heavy atom. The van der Waals surface area contributed by atoms with E-state index >= 15 is 0 Å². The highest BCUT2D eigenvalue weighted by Crippen LogP contribution is 2.36. The normalized spacial score (nSPS) is 22.8. The Kier molecular flexibility index (Phi) is 5.43. The van der Waals surface area contributed by atoms with Gasteiger partial charge in [0.2, 0.25) is 10.0 Å². The fourth-order valence-electron chi connectivity index (χ4n) is 3.75. The second-order valence-corrected chi connectivity index (χ2v) is 9.21. The summed E-state index contributed by atoms with van der Waals surface area (Å²) in [5.41, 5.74) is 7.42. The molecule has 1 fully saturated rings. The van der Waals surface area contributed by atoms with Crippen LogP contribution in [0.3, 0.4) is 0 Å². The van der Waals surface area contributed by atoms with Gasteiger partial charge in [0.1, 0.15) is 5.82 Å². The van der Waals surface area contributed by atoms with Gasteiger partial charge in [0, 0.05) is 37.3 Å². The van der Waals surface area contributed by atoms with Crippen molar-refractivity contribution in [3.8, 4) is 0 Å². The van der Waals surface area contributed by atoms with Gasteiger partial charge in [0.15, 0.2) is 0 Å². The van der Waals surface area contributed by atoms with E-state index in [0.717, 1.165) is 17.7 Å². The van der Waals surface area contributed by atoms with E-state index in [-0.39, 0.29) is 17.2 Å². The van der Waals surface area contributed by atoms with Crippen molar-refractivity contribution in [1.82, 2.24) is 14.3 Å². The highest BCUT2D eigenvalue weighted by Gasteiger charge is 2.51. The Bertz CT molecular complexity index is 851. The molecular weight excluding hydrogens is 364 g/mol. The third-order valence-electron chi connectivity index (χ3n) is 5.39. The van der Waals surface area contributed by atoms with E-state index in [2.05, 4.69) is 28.6 Å². The molecule has 1 saturated heterocycles. The van der Waals surface area contributed by atoms with Crippen LogP contribution in [0.25, 0.3) is 0 Å². The van der Waals surface area contributed by atoms with Crippen LogP contribution in [0.15, 0.2) is 35.1 Å². The van der Waals surface area contributed by atoms with Gasteiger partial charge in [-0.1, -0.05) is 20.4 Å². The van der Waals surface area contributed by atoms with E-state index in [1.54, 1.807) is 10.5 Å². The lowest BCUT2D eigenvalue weighted by atomic mass is 9.87. The Labute approximate surface area is 160 Å². The molecule has 3 N–H and O–H groups in total. The summed E-state index contributed by atoms with van der Waals surface area (Å²) in [6, 6.07) is 1.89. The van der Waals surface area contributed by atoms with Crippen LogP contribution in [0.4, 0.5) is 5.82 Å². The van der Waals surface area contributed by atoms with Crippen LogP contribution in [0, 0.1) is 5.92 Å². The first-order valence-corrected chi connectivity index (χ1v) is 10.9. The predicted octanol–water partition coefficient (Wildman–Crippen LogP) is 1.65. The highest BCUT2D eigenvalue weighted by atomic mass is 32.2. The zero-order valence-electron chi connectivity index (χ0n) is 15.9. The Balaban J connectivity index is 1.74. The second kappa shape index (κ2) is 7.47. The van der Waals surface area contributed by atoms with Crippen LogP contribution < -0.4 is 5.73 Å². The van der Waals surface area contributed by atoms with Gasteiger partial charge in [0.25, 0.3) is 0 Å². The van der Waals surface area contributed by atoms with Gasteiger partial charge in [-0.25, -0.2) is 8.42 Å². The molecule has 0 aliphatic carbocycles. The number of nitrogens with two attached hydrogens (primary N) is 1. The zero-order valence-corrected chi connectivity index (χ0v) is 16.7. The van der Waals surface area contributed by atoms with Gasteiger partial charge in [-0.15, -0.1) is 0 Å². The Morgan fingerprint density at radius 3 is 2.81 bits per heavy atom. The number of nitrogens with zero attached hydrogens (tertiary/aromatic N) is 4. The summed E-state index contributed by atoms with van der Waals surface area (Å²) in [6.07, 6.45) is 6.62.